The summed E-state index contributed by atoms with van der Waals surface area (Å²) < 4.78 is 18.5. The zero-order valence-corrected chi connectivity index (χ0v) is 16.6. The molecule has 0 heterocycles. The maximum atomic E-state index is 13.0. The summed E-state index contributed by atoms with van der Waals surface area (Å²) in [5, 5.41) is 5.74. The van der Waals surface area contributed by atoms with E-state index in [0.717, 1.165) is 31.2 Å². The van der Waals surface area contributed by atoms with Crippen molar-refractivity contribution in [1.29, 1.82) is 0 Å². The highest BCUT2D eigenvalue weighted by Crippen LogP contribution is 2.24. The zero-order valence-electron chi connectivity index (χ0n) is 16.6. The molecular weight excluding hydrogens is 371 g/mol. The van der Waals surface area contributed by atoms with Crippen LogP contribution in [-0.4, -0.2) is 24.1 Å². The molecule has 2 aromatic rings. The first-order valence-electron chi connectivity index (χ1n) is 10.1. The van der Waals surface area contributed by atoms with Crippen LogP contribution in [0.25, 0.3) is 0 Å². The molecule has 3 atom stereocenters. The number of carbonyl (C=O) groups excluding carboxylic acids is 2. The van der Waals surface area contributed by atoms with Gasteiger partial charge in [0.1, 0.15) is 11.9 Å². The normalized spacial score (nSPS) is 19.8. The number of hydrogen-bond acceptors (Lipinski definition) is 3. The third-order valence-electron chi connectivity index (χ3n) is 5.26. The number of halogens is 1. The van der Waals surface area contributed by atoms with Gasteiger partial charge in [0.15, 0.2) is 0 Å². The maximum absolute atomic E-state index is 13.0. The molecule has 1 aliphatic carbocycles. The number of nitrogens with one attached hydrogen (secondary N) is 2. The SMILES string of the molecule is CCC(C(=O)NC1CCCC(OC(=O)Nc2ccc(F)cc2)C1)c1ccccc1. The second-order valence-electron chi connectivity index (χ2n) is 7.40. The topological polar surface area (TPSA) is 67.4 Å². The lowest BCUT2D eigenvalue weighted by molar-refractivity contribution is -0.123. The van der Waals surface area contributed by atoms with Crippen LogP contribution >= 0.6 is 0 Å². The van der Waals surface area contributed by atoms with E-state index in [1.807, 2.05) is 37.3 Å². The molecule has 0 saturated heterocycles. The molecule has 5 nitrogen and oxygen atoms in total. The molecule has 154 valence electrons. The molecule has 0 aliphatic heterocycles. The zero-order chi connectivity index (χ0) is 20.6. The summed E-state index contributed by atoms with van der Waals surface area (Å²) in [5.74, 6) is -0.532. The van der Waals surface area contributed by atoms with Crippen molar-refractivity contribution in [3.63, 3.8) is 0 Å². The highest BCUT2D eigenvalue weighted by Gasteiger charge is 2.28. The fraction of sp³-hybridized carbons (Fsp3) is 0.391. The first kappa shape index (κ1) is 20.8. The molecule has 1 aliphatic rings. The van der Waals surface area contributed by atoms with E-state index >= 15 is 0 Å². The lowest BCUT2D eigenvalue weighted by atomic mass is 9.91. The van der Waals surface area contributed by atoms with Gasteiger partial charge in [-0.3, -0.25) is 10.1 Å². The van der Waals surface area contributed by atoms with E-state index in [1.165, 1.54) is 24.3 Å². The lowest BCUT2D eigenvalue weighted by Crippen LogP contribution is -2.43. The summed E-state index contributed by atoms with van der Waals surface area (Å²) in [6.45, 7) is 2.00. The first-order valence-corrected chi connectivity index (χ1v) is 10.1. The molecule has 0 bridgehead atoms. The van der Waals surface area contributed by atoms with Crippen LogP contribution < -0.4 is 10.6 Å². The molecule has 0 spiro atoms. The summed E-state index contributed by atoms with van der Waals surface area (Å²) in [4.78, 5) is 24.9. The van der Waals surface area contributed by atoms with Gasteiger partial charge in [0, 0.05) is 18.2 Å². The Labute approximate surface area is 170 Å². The van der Waals surface area contributed by atoms with E-state index in [0.29, 0.717) is 12.1 Å². The smallest absolute Gasteiger partial charge is 0.411 e. The molecule has 2 amide bonds. The van der Waals surface area contributed by atoms with Gasteiger partial charge in [-0.15, -0.1) is 0 Å². The van der Waals surface area contributed by atoms with Gasteiger partial charge in [-0.2, -0.15) is 0 Å². The molecule has 1 saturated carbocycles. The van der Waals surface area contributed by atoms with Gasteiger partial charge in [-0.1, -0.05) is 37.3 Å². The summed E-state index contributed by atoms with van der Waals surface area (Å²) in [6, 6.07) is 15.3. The van der Waals surface area contributed by atoms with Crippen LogP contribution in [0.15, 0.2) is 54.6 Å². The first-order chi connectivity index (χ1) is 14.0. The Kier molecular flexibility index (Phi) is 7.22. The van der Waals surface area contributed by atoms with Crippen molar-refractivity contribution in [3.8, 4) is 0 Å². The van der Waals surface area contributed by atoms with Crippen LogP contribution in [0.4, 0.5) is 14.9 Å². The van der Waals surface area contributed by atoms with Crippen LogP contribution in [0.1, 0.15) is 50.5 Å². The van der Waals surface area contributed by atoms with Gasteiger partial charge < -0.3 is 10.1 Å². The highest BCUT2D eigenvalue weighted by molar-refractivity contribution is 5.85. The van der Waals surface area contributed by atoms with Crippen molar-refractivity contribution in [2.75, 3.05) is 5.32 Å². The van der Waals surface area contributed by atoms with Gasteiger partial charge in [0.05, 0.1) is 5.92 Å². The Morgan fingerprint density at radius 2 is 1.83 bits per heavy atom. The fourth-order valence-corrected chi connectivity index (χ4v) is 3.77. The predicted molar refractivity (Wildman–Crippen MR) is 110 cm³/mol. The van der Waals surface area contributed by atoms with E-state index in [4.69, 9.17) is 4.74 Å². The van der Waals surface area contributed by atoms with Gasteiger partial charge in [-0.05, 0) is 55.5 Å². The number of benzene rings is 2. The number of ether oxygens (including phenoxy) is 1. The quantitative estimate of drug-likeness (QED) is 0.720. The Bertz CT molecular complexity index is 811. The largest absolute Gasteiger partial charge is 0.446 e. The average molecular weight is 398 g/mol. The molecule has 3 rings (SSSR count). The van der Waals surface area contributed by atoms with E-state index in [9.17, 15) is 14.0 Å². The van der Waals surface area contributed by atoms with Gasteiger partial charge >= 0.3 is 6.09 Å². The van der Waals surface area contributed by atoms with Crippen LogP contribution in [0, 0.1) is 5.82 Å². The Morgan fingerprint density at radius 1 is 1.10 bits per heavy atom. The standard InChI is InChI=1S/C23H27FN2O3/c1-2-21(16-7-4-3-5-8-16)22(27)25-19-9-6-10-20(15-19)29-23(28)26-18-13-11-17(24)12-14-18/h3-5,7-8,11-14,19-21H,2,6,9-10,15H2,1H3,(H,25,27)(H,26,28). The number of anilines is 1. The van der Waals surface area contributed by atoms with Crippen molar-refractivity contribution in [3.05, 3.63) is 66.0 Å². The molecule has 6 heteroatoms. The van der Waals surface area contributed by atoms with Crippen molar-refractivity contribution < 1.29 is 18.7 Å². The van der Waals surface area contributed by atoms with Gasteiger partial charge in [-0.25, -0.2) is 9.18 Å². The second kappa shape index (κ2) is 10.0. The minimum Gasteiger partial charge on any atom is -0.446 e. The Balaban J connectivity index is 1.51. The van der Waals surface area contributed by atoms with Crippen molar-refractivity contribution >= 4 is 17.7 Å². The van der Waals surface area contributed by atoms with E-state index < -0.39 is 6.09 Å². The molecule has 2 N–H and O–H groups in total. The van der Waals surface area contributed by atoms with Crippen LogP contribution in [0.5, 0.6) is 0 Å². The molecule has 29 heavy (non-hydrogen) atoms. The van der Waals surface area contributed by atoms with Gasteiger partial charge in [0.2, 0.25) is 5.91 Å². The number of rotatable bonds is 6. The minimum atomic E-state index is -0.565. The highest BCUT2D eigenvalue weighted by atomic mass is 19.1. The Hall–Kier alpha value is -2.89. The lowest BCUT2D eigenvalue weighted by Gasteiger charge is -2.30. The molecule has 3 unspecified atom stereocenters. The van der Waals surface area contributed by atoms with Crippen molar-refractivity contribution in [1.82, 2.24) is 5.32 Å². The van der Waals surface area contributed by atoms with E-state index in [2.05, 4.69) is 10.6 Å². The molecule has 0 aromatic heterocycles. The molecular formula is C23H27FN2O3. The van der Waals surface area contributed by atoms with Crippen LogP contribution in [0.2, 0.25) is 0 Å². The maximum Gasteiger partial charge on any atom is 0.411 e. The Morgan fingerprint density at radius 3 is 2.52 bits per heavy atom. The molecule has 0 radical (unpaired) electrons. The predicted octanol–water partition coefficient (Wildman–Crippen LogP) is 5.00. The van der Waals surface area contributed by atoms with Gasteiger partial charge in [0.25, 0.3) is 0 Å². The molecule has 2 aromatic carbocycles. The van der Waals surface area contributed by atoms with Crippen molar-refractivity contribution in [2.24, 2.45) is 0 Å². The third kappa shape index (κ3) is 6.04. The monoisotopic (exact) mass is 398 g/mol. The third-order valence-corrected chi connectivity index (χ3v) is 5.26. The number of hydrogen-bond donors (Lipinski definition) is 2. The summed E-state index contributed by atoms with van der Waals surface area (Å²) in [6.07, 6.45) is 3.00. The van der Waals surface area contributed by atoms with Crippen LogP contribution in [-0.2, 0) is 9.53 Å². The van der Waals surface area contributed by atoms with E-state index in [1.54, 1.807) is 0 Å². The molecule has 1 fully saturated rings. The van der Waals surface area contributed by atoms with Crippen LogP contribution in [0.3, 0.4) is 0 Å². The van der Waals surface area contributed by atoms with E-state index in [-0.39, 0.29) is 29.8 Å². The summed E-state index contributed by atoms with van der Waals surface area (Å²) in [7, 11) is 0. The van der Waals surface area contributed by atoms with Crippen molar-refractivity contribution in [2.45, 2.75) is 57.1 Å². The average Bonchev–Trinajstić information content (AvgIpc) is 2.71. The minimum absolute atomic E-state index is 0.0140. The number of amides is 2. The number of carbonyl (C=O) groups is 2. The summed E-state index contributed by atoms with van der Waals surface area (Å²) in [5.41, 5.74) is 1.49. The fourth-order valence-electron chi connectivity index (χ4n) is 3.77. The second-order valence-corrected chi connectivity index (χ2v) is 7.40. The summed E-state index contributed by atoms with van der Waals surface area (Å²) >= 11 is 0.